The van der Waals surface area contributed by atoms with Crippen molar-refractivity contribution in [3.05, 3.63) is 48.5 Å². The maximum absolute atomic E-state index is 4.67. The highest BCUT2D eigenvalue weighted by Gasteiger charge is 2.08. The van der Waals surface area contributed by atoms with Crippen LogP contribution in [-0.2, 0) is 0 Å². The number of anilines is 1. The molecule has 0 saturated carbocycles. The second-order valence-corrected chi connectivity index (χ2v) is 6.36. The lowest BCUT2D eigenvalue weighted by molar-refractivity contribution is 0.540. The van der Waals surface area contributed by atoms with E-state index in [1.165, 1.54) is 0 Å². The summed E-state index contributed by atoms with van der Waals surface area (Å²) < 4.78 is 0. The number of hydrogen-bond donors (Lipinski definition) is 2. The SMILES string of the molecule is CC(C)CC(C)Nc1ccc2nc(-c3ccccc3)[nH]c2c1. The van der Waals surface area contributed by atoms with E-state index in [0.29, 0.717) is 12.0 Å². The van der Waals surface area contributed by atoms with Gasteiger partial charge in [-0.25, -0.2) is 4.98 Å². The molecular formula is C19H23N3. The molecule has 1 aromatic heterocycles. The van der Waals surface area contributed by atoms with Crippen molar-refractivity contribution in [1.29, 1.82) is 0 Å². The van der Waals surface area contributed by atoms with Crippen LogP contribution in [0.2, 0.25) is 0 Å². The normalized spacial score (nSPS) is 12.7. The Balaban J connectivity index is 1.84. The van der Waals surface area contributed by atoms with E-state index in [9.17, 15) is 0 Å². The summed E-state index contributed by atoms with van der Waals surface area (Å²) in [5.74, 6) is 1.62. The molecule has 0 spiro atoms. The maximum Gasteiger partial charge on any atom is 0.138 e. The fraction of sp³-hybridized carbons (Fsp3) is 0.316. The summed E-state index contributed by atoms with van der Waals surface area (Å²) in [5.41, 5.74) is 4.33. The zero-order valence-electron chi connectivity index (χ0n) is 13.4. The minimum absolute atomic E-state index is 0.467. The minimum atomic E-state index is 0.467. The number of imidazole rings is 1. The van der Waals surface area contributed by atoms with Crippen LogP contribution in [0.1, 0.15) is 27.2 Å². The van der Waals surface area contributed by atoms with Crippen LogP contribution < -0.4 is 5.32 Å². The first-order chi connectivity index (χ1) is 10.6. The molecule has 0 aliphatic heterocycles. The van der Waals surface area contributed by atoms with Crippen molar-refractivity contribution >= 4 is 16.7 Å². The number of aromatic nitrogens is 2. The van der Waals surface area contributed by atoms with Crippen LogP contribution in [0.15, 0.2) is 48.5 Å². The Morgan fingerprint density at radius 3 is 2.55 bits per heavy atom. The van der Waals surface area contributed by atoms with E-state index in [1.807, 2.05) is 18.2 Å². The zero-order chi connectivity index (χ0) is 15.5. The van der Waals surface area contributed by atoms with Crippen molar-refractivity contribution in [2.45, 2.75) is 33.2 Å². The van der Waals surface area contributed by atoms with Crippen LogP contribution in [0.25, 0.3) is 22.4 Å². The summed E-state index contributed by atoms with van der Waals surface area (Å²) in [6.07, 6.45) is 1.16. The highest BCUT2D eigenvalue weighted by atomic mass is 14.9. The lowest BCUT2D eigenvalue weighted by Crippen LogP contribution is -2.17. The van der Waals surface area contributed by atoms with Gasteiger partial charge in [-0.15, -0.1) is 0 Å². The van der Waals surface area contributed by atoms with Crippen LogP contribution in [-0.4, -0.2) is 16.0 Å². The fourth-order valence-electron chi connectivity index (χ4n) is 2.88. The number of fused-ring (bicyclic) bond motifs is 1. The van der Waals surface area contributed by atoms with Crippen molar-refractivity contribution in [3.8, 4) is 11.4 Å². The van der Waals surface area contributed by atoms with Crippen LogP contribution in [0.4, 0.5) is 5.69 Å². The predicted octanol–water partition coefficient (Wildman–Crippen LogP) is 5.08. The molecule has 0 amide bonds. The summed E-state index contributed by atoms with van der Waals surface area (Å²) in [6, 6.07) is 17.0. The molecule has 2 N–H and O–H groups in total. The van der Waals surface area contributed by atoms with Gasteiger partial charge in [-0.3, -0.25) is 0 Å². The van der Waals surface area contributed by atoms with Gasteiger partial charge >= 0.3 is 0 Å². The molecule has 1 heterocycles. The van der Waals surface area contributed by atoms with Gasteiger partial charge in [-0.2, -0.15) is 0 Å². The van der Waals surface area contributed by atoms with Gasteiger partial charge in [0.05, 0.1) is 11.0 Å². The summed E-state index contributed by atoms with van der Waals surface area (Å²) in [7, 11) is 0. The Labute approximate surface area is 131 Å². The van der Waals surface area contributed by atoms with Gasteiger partial charge in [-0.05, 0) is 37.5 Å². The van der Waals surface area contributed by atoms with E-state index >= 15 is 0 Å². The molecule has 0 saturated heterocycles. The van der Waals surface area contributed by atoms with Crippen LogP contribution in [0, 0.1) is 5.92 Å². The van der Waals surface area contributed by atoms with Crippen molar-refractivity contribution in [2.24, 2.45) is 5.92 Å². The van der Waals surface area contributed by atoms with Crippen molar-refractivity contribution in [3.63, 3.8) is 0 Å². The van der Waals surface area contributed by atoms with E-state index in [2.05, 4.69) is 66.4 Å². The molecule has 0 aliphatic rings. The number of hydrogen-bond acceptors (Lipinski definition) is 2. The Hall–Kier alpha value is -2.29. The molecule has 3 aromatic rings. The Kier molecular flexibility index (Phi) is 4.14. The highest BCUT2D eigenvalue weighted by molar-refractivity contribution is 5.82. The molecule has 2 aromatic carbocycles. The lowest BCUT2D eigenvalue weighted by atomic mass is 10.1. The van der Waals surface area contributed by atoms with Gasteiger partial charge in [0.15, 0.2) is 0 Å². The van der Waals surface area contributed by atoms with E-state index in [1.54, 1.807) is 0 Å². The summed E-state index contributed by atoms with van der Waals surface area (Å²) in [5, 5.41) is 3.57. The van der Waals surface area contributed by atoms with Gasteiger partial charge in [0, 0.05) is 17.3 Å². The number of nitrogens with zero attached hydrogens (tertiary/aromatic N) is 1. The van der Waals surface area contributed by atoms with E-state index in [4.69, 9.17) is 0 Å². The number of aromatic amines is 1. The molecule has 1 unspecified atom stereocenters. The molecule has 0 bridgehead atoms. The van der Waals surface area contributed by atoms with Gasteiger partial charge in [0.2, 0.25) is 0 Å². The third kappa shape index (κ3) is 3.30. The largest absolute Gasteiger partial charge is 0.383 e. The first-order valence-corrected chi connectivity index (χ1v) is 7.93. The quantitative estimate of drug-likeness (QED) is 0.689. The Bertz CT molecular complexity index is 744. The molecule has 3 heteroatoms. The minimum Gasteiger partial charge on any atom is -0.383 e. The second-order valence-electron chi connectivity index (χ2n) is 6.36. The van der Waals surface area contributed by atoms with E-state index in [-0.39, 0.29) is 0 Å². The van der Waals surface area contributed by atoms with Crippen molar-refractivity contribution < 1.29 is 0 Å². The third-order valence-electron chi connectivity index (χ3n) is 3.77. The third-order valence-corrected chi connectivity index (χ3v) is 3.77. The average Bonchev–Trinajstić information content (AvgIpc) is 2.90. The van der Waals surface area contributed by atoms with Crippen LogP contribution in [0.3, 0.4) is 0 Å². The molecule has 0 radical (unpaired) electrons. The lowest BCUT2D eigenvalue weighted by Gasteiger charge is -2.17. The number of benzene rings is 2. The van der Waals surface area contributed by atoms with Gasteiger partial charge in [0.1, 0.15) is 5.82 Å². The van der Waals surface area contributed by atoms with E-state index in [0.717, 1.165) is 34.5 Å². The van der Waals surface area contributed by atoms with Crippen molar-refractivity contribution in [1.82, 2.24) is 9.97 Å². The molecule has 3 rings (SSSR count). The summed E-state index contributed by atoms with van der Waals surface area (Å²) in [6.45, 7) is 6.73. The Morgan fingerprint density at radius 2 is 1.82 bits per heavy atom. The maximum atomic E-state index is 4.67. The summed E-state index contributed by atoms with van der Waals surface area (Å²) in [4.78, 5) is 8.08. The number of H-pyrrole nitrogens is 1. The van der Waals surface area contributed by atoms with Crippen LogP contribution >= 0.6 is 0 Å². The van der Waals surface area contributed by atoms with Gasteiger partial charge in [0.25, 0.3) is 0 Å². The molecule has 114 valence electrons. The highest BCUT2D eigenvalue weighted by Crippen LogP contribution is 2.23. The predicted molar refractivity (Wildman–Crippen MR) is 94.1 cm³/mol. The monoisotopic (exact) mass is 293 g/mol. The van der Waals surface area contributed by atoms with Gasteiger partial charge in [-0.1, -0.05) is 44.2 Å². The summed E-state index contributed by atoms with van der Waals surface area (Å²) >= 11 is 0. The molecule has 22 heavy (non-hydrogen) atoms. The molecule has 3 nitrogen and oxygen atoms in total. The Morgan fingerprint density at radius 1 is 1.05 bits per heavy atom. The van der Waals surface area contributed by atoms with Crippen molar-refractivity contribution in [2.75, 3.05) is 5.32 Å². The molecule has 1 atom stereocenters. The second kappa shape index (κ2) is 6.22. The fourth-order valence-corrected chi connectivity index (χ4v) is 2.88. The topological polar surface area (TPSA) is 40.7 Å². The zero-order valence-corrected chi connectivity index (χ0v) is 13.4. The average molecular weight is 293 g/mol. The first kappa shape index (κ1) is 14.6. The molecule has 0 aliphatic carbocycles. The molecule has 0 fully saturated rings. The smallest absolute Gasteiger partial charge is 0.138 e. The molecular weight excluding hydrogens is 270 g/mol. The number of nitrogens with one attached hydrogen (secondary N) is 2. The van der Waals surface area contributed by atoms with E-state index < -0.39 is 0 Å². The van der Waals surface area contributed by atoms with Gasteiger partial charge < -0.3 is 10.3 Å². The van der Waals surface area contributed by atoms with Crippen LogP contribution in [0.5, 0.6) is 0 Å². The standard InChI is InChI=1S/C19H23N3/c1-13(2)11-14(3)20-16-9-10-17-18(12-16)22-19(21-17)15-7-5-4-6-8-15/h4-10,12-14,20H,11H2,1-3H3,(H,21,22). The number of rotatable bonds is 5. The first-order valence-electron chi connectivity index (χ1n) is 7.93.